The van der Waals surface area contributed by atoms with E-state index in [9.17, 15) is 9.59 Å². The third-order valence-corrected chi connectivity index (χ3v) is 2.77. The molecule has 0 aromatic heterocycles. The van der Waals surface area contributed by atoms with Gasteiger partial charge >= 0.3 is 6.03 Å². The highest BCUT2D eigenvalue weighted by atomic mass is 35.5. The fourth-order valence-corrected chi connectivity index (χ4v) is 1.65. The van der Waals surface area contributed by atoms with Crippen molar-refractivity contribution in [1.82, 2.24) is 10.6 Å². The first kappa shape index (κ1) is 16.6. The van der Waals surface area contributed by atoms with E-state index < -0.39 is 18.0 Å². The second-order valence-electron chi connectivity index (χ2n) is 4.45. The van der Waals surface area contributed by atoms with Crippen LogP contribution < -0.4 is 15.4 Å². The maximum absolute atomic E-state index is 11.8. The summed E-state index contributed by atoms with van der Waals surface area (Å²) in [5.41, 5.74) is 0. The third kappa shape index (κ3) is 5.27. The molecule has 20 heavy (non-hydrogen) atoms. The molecule has 0 aliphatic carbocycles. The average molecular weight is 319 g/mol. The molecule has 2 N–H and O–H groups in total. The number of hydrogen-bond acceptors (Lipinski definition) is 3. The molecule has 7 heteroatoms. The van der Waals surface area contributed by atoms with E-state index in [2.05, 4.69) is 10.6 Å². The predicted octanol–water partition coefficient (Wildman–Crippen LogP) is 2.99. The highest BCUT2D eigenvalue weighted by Crippen LogP contribution is 2.28. The van der Waals surface area contributed by atoms with Gasteiger partial charge in [0.2, 0.25) is 0 Å². The molecule has 0 spiro atoms. The van der Waals surface area contributed by atoms with Crippen LogP contribution in [0.2, 0.25) is 10.0 Å². The van der Waals surface area contributed by atoms with Gasteiger partial charge < -0.3 is 10.1 Å². The van der Waals surface area contributed by atoms with Crippen molar-refractivity contribution in [2.75, 3.05) is 0 Å². The first-order valence-corrected chi connectivity index (χ1v) is 6.78. The van der Waals surface area contributed by atoms with E-state index >= 15 is 0 Å². The molecule has 110 valence electrons. The van der Waals surface area contributed by atoms with E-state index in [-0.39, 0.29) is 11.8 Å². The van der Waals surface area contributed by atoms with E-state index in [1.165, 1.54) is 13.0 Å². The molecule has 1 rings (SSSR count). The van der Waals surface area contributed by atoms with Gasteiger partial charge in [0.15, 0.2) is 6.10 Å². The lowest BCUT2D eigenvalue weighted by Crippen LogP contribution is -2.47. The number of rotatable bonds is 4. The third-order valence-electron chi connectivity index (χ3n) is 2.22. The summed E-state index contributed by atoms with van der Waals surface area (Å²) in [6.45, 7) is 5.08. The van der Waals surface area contributed by atoms with Gasteiger partial charge in [0, 0.05) is 17.1 Å². The first-order valence-electron chi connectivity index (χ1n) is 6.02. The van der Waals surface area contributed by atoms with E-state index in [1.807, 2.05) is 0 Å². The monoisotopic (exact) mass is 318 g/mol. The Morgan fingerprint density at radius 2 is 1.85 bits per heavy atom. The number of carbonyl (C=O) groups excluding carboxylic acids is 2. The highest BCUT2D eigenvalue weighted by Gasteiger charge is 2.19. The molecule has 0 saturated carbocycles. The molecular formula is C13H16Cl2N2O3. The van der Waals surface area contributed by atoms with Gasteiger partial charge in [-0.1, -0.05) is 23.2 Å². The molecule has 0 radical (unpaired) electrons. The number of nitrogens with one attached hydrogen (secondary N) is 2. The summed E-state index contributed by atoms with van der Waals surface area (Å²) in [6, 6.07) is 4.04. The predicted molar refractivity (Wildman–Crippen MR) is 78.4 cm³/mol. The zero-order chi connectivity index (χ0) is 15.3. The van der Waals surface area contributed by atoms with Crippen LogP contribution in [0, 0.1) is 0 Å². The van der Waals surface area contributed by atoms with Crippen molar-refractivity contribution in [1.29, 1.82) is 0 Å². The van der Waals surface area contributed by atoms with Crippen LogP contribution in [0.25, 0.3) is 0 Å². The SMILES string of the molecule is CC(C)NC(=O)NC(=O)[C@H](C)Oc1cc(Cl)ccc1Cl. The van der Waals surface area contributed by atoms with E-state index in [0.29, 0.717) is 10.0 Å². The van der Waals surface area contributed by atoms with Crippen molar-refractivity contribution >= 4 is 35.1 Å². The number of ether oxygens (including phenoxy) is 1. The minimum atomic E-state index is -0.885. The van der Waals surface area contributed by atoms with E-state index in [1.54, 1.807) is 26.0 Å². The normalized spacial score (nSPS) is 11.9. The lowest BCUT2D eigenvalue weighted by atomic mass is 10.3. The summed E-state index contributed by atoms with van der Waals surface area (Å²) in [5.74, 6) is -0.287. The van der Waals surface area contributed by atoms with Crippen molar-refractivity contribution < 1.29 is 14.3 Å². The van der Waals surface area contributed by atoms with Crippen LogP contribution in [-0.4, -0.2) is 24.1 Å². The second-order valence-corrected chi connectivity index (χ2v) is 5.30. The Kier molecular flexibility index (Phi) is 6.10. The van der Waals surface area contributed by atoms with Crippen molar-refractivity contribution in [3.05, 3.63) is 28.2 Å². The molecule has 0 fully saturated rings. The largest absolute Gasteiger partial charge is 0.479 e. The van der Waals surface area contributed by atoms with Crippen LogP contribution in [0.4, 0.5) is 4.79 Å². The first-order chi connectivity index (χ1) is 9.29. The van der Waals surface area contributed by atoms with Crippen LogP contribution in [-0.2, 0) is 4.79 Å². The molecular weight excluding hydrogens is 303 g/mol. The van der Waals surface area contributed by atoms with Crippen LogP contribution in [0.3, 0.4) is 0 Å². The van der Waals surface area contributed by atoms with E-state index in [0.717, 1.165) is 0 Å². The van der Waals surface area contributed by atoms with Gasteiger partial charge in [0.05, 0.1) is 5.02 Å². The summed E-state index contributed by atoms with van der Waals surface area (Å²) >= 11 is 11.7. The number of carbonyl (C=O) groups is 2. The number of amides is 3. The van der Waals surface area contributed by atoms with Crippen LogP contribution >= 0.6 is 23.2 Å². The fourth-order valence-electron chi connectivity index (χ4n) is 1.32. The number of benzene rings is 1. The molecule has 5 nitrogen and oxygen atoms in total. The minimum absolute atomic E-state index is 0.0681. The number of urea groups is 1. The molecule has 0 bridgehead atoms. The van der Waals surface area contributed by atoms with Gasteiger partial charge in [-0.3, -0.25) is 10.1 Å². The van der Waals surface area contributed by atoms with Gasteiger partial charge in [0.25, 0.3) is 5.91 Å². The van der Waals surface area contributed by atoms with Crippen molar-refractivity contribution in [2.24, 2.45) is 0 Å². The molecule has 3 amide bonds. The maximum atomic E-state index is 11.8. The number of imide groups is 1. The summed E-state index contributed by atoms with van der Waals surface area (Å²) in [6.07, 6.45) is -0.885. The summed E-state index contributed by atoms with van der Waals surface area (Å²) in [7, 11) is 0. The van der Waals surface area contributed by atoms with Crippen LogP contribution in [0.15, 0.2) is 18.2 Å². The number of halogens is 2. The lowest BCUT2D eigenvalue weighted by Gasteiger charge is -2.16. The Morgan fingerprint density at radius 3 is 2.45 bits per heavy atom. The van der Waals surface area contributed by atoms with Gasteiger partial charge in [-0.15, -0.1) is 0 Å². The quantitative estimate of drug-likeness (QED) is 0.896. The zero-order valence-electron chi connectivity index (χ0n) is 11.4. The Labute approximate surface area is 127 Å². The molecule has 0 aliphatic heterocycles. The average Bonchev–Trinajstić information content (AvgIpc) is 2.32. The Bertz CT molecular complexity index is 506. The van der Waals surface area contributed by atoms with Gasteiger partial charge in [-0.05, 0) is 32.9 Å². The van der Waals surface area contributed by atoms with Crippen molar-refractivity contribution in [3.63, 3.8) is 0 Å². The van der Waals surface area contributed by atoms with Gasteiger partial charge in [-0.2, -0.15) is 0 Å². The van der Waals surface area contributed by atoms with Crippen LogP contribution in [0.5, 0.6) is 5.75 Å². The van der Waals surface area contributed by atoms with Crippen molar-refractivity contribution in [3.8, 4) is 5.75 Å². The smallest absolute Gasteiger partial charge is 0.321 e. The van der Waals surface area contributed by atoms with E-state index in [4.69, 9.17) is 27.9 Å². The molecule has 1 aromatic rings. The zero-order valence-corrected chi connectivity index (χ0v) is 12.9. The second kappa shape index (κ2) is 7.36. The highest BCUT2D eigenvalue weighted by molar-refractivity contribution is 6.34. The topological polar surface area (TPSA) is 67.4 Å². The maximum Gasteiger partial charge on any atom is 0.321 e. The molecule has 1 aromatic carbocycles. The van der Waals surface area contributed by atoms with Gasteiger partial charge in [-0.25, -0.2) is 4.79 Å². The molecule has 0 aliphatic rings. The summed E-state index contributed by atoms with van der Waals surface area (Å²) in [4.78, 5) is 23.2. The standard InChI is InChI=1S/C13H16Cl2N2O3/c1-7(2)16-13(19)17-12(18)8(3)20-11-6-9(14)4-5-10(11)15/h4-8H,1-3H3,(H2,16,17,18,19)/t8-/m0/s1. The Balaban J connectivity index is 2.61. The number of hydrogen-bond donors (Lipinski definition) is 2. The molecule has 0 unspecified atom stereocenters. The Morgan fingerprint density at radius 1 is 1.20 bits per heavy atom. The Hall–Kier alpha value is -1.46. The molecule has 0 saturated heterocycles. The summed E-state index contributed by atoms with van der Waals surface area (Å²) in [5, 5.41) is 5.49. The summed E-state index contributed by atoms with van der Waals surface area (Å²) < 4.78 is 5.39. The minimum Gasteiger partial charge on any atom is -0.479 e. The molecule has 1 atom stereocenters. The van der Waals surface area contributed by atoms with Crippen LogP contribution in [0.1, 0.15) is 20.8 Å². The lowest BCUT2D eigenvalue weighted by molar-refractivity contribution is -0.126. The molecule has 0 heterocycles. The van der Waals surface area contributed by atoms with Crippen molar-refractivity contribution in [2.45, 2.75) is 32.9 Å². The van der Waals surface area contributed by atoms with Gasteiger partial charge in [0.1, 0.15) is 5.75 Å². The fraction of sp³-hybridized carbons (Fsp3) is 0.385.